The average Bonchev–Trinajstić information content (AvgIpc) is 3.11. The summed E-state index contributed by atoms with van der Waals surface area (Å²) < 4.78 is 44.5. The highest BCUT2D eigenvalue weighted by molar-refractivity contribution is 7.19. The predicted molar refractivity (Wildman–Crippen MR) is 133 cm³/mol. The Morgan fingerprint density at radius 3 is 2.26 bits per heavy atom. The van der Waals surface area contributed by atoms with E-state index in [0.29, 0.717) is 33.1 Å². The van der Waals surface area contributed by atoms with Crippen LogP contribution in [0.15, 0.2) is 42.7 Å². The van der Waals surface area contributed by atoms with Crippen molar-refractivity contribution in [2.75, 3.05) is 0 Å². The van der Waals surface area contributed by atoms with E-state index in [-0.39, 0.29) is 16.3 Å². The van der Waals surface area contributed by atoms with Crippen molar-refractivity contribution in [3.05, 3.63) is 64.4 Å². The van der Waals surface area contributed by atoms with Gasteiger partial charge < -0.3 is 0 Å². The summed E-state index contributed by atoms with van der Waals surface area (Å²) in [6, 6.07) is 11.2. The first-order valence-corrected chi connectivity index (χ1v) is 11.9. The van der Waals surface area contributed by atoms with Gasteiger partial charge in [0.2, 0.25) is 0 Å². The lowest BCUT2D eigenvalue weighted by Gasteiger charge is -2.16. The van der Waals surface area contributed by atoms with E-state index in [4.69, 9.17) is 0 Å². The van der Waals surface area contributed by atoms with Crippen LogP contribution >= 0.6 is 11.3 Å². The average molecular weight is 480 g/mol. The number of hydrogen-bond donors (Lipinski definition) is 0. The fraction of sp³-hybridized carbons (Fsp3) is 0.296. The van der Waals surface area contributed by atoms with Gasteiger partial charge in [-0.25, -0.2) is 15.0 Å². The molecule has 0 aliphatic rings. The van der Waals surface area contributed by atoms with Crippen LogP contribution in [0.25, 0.3) is 43.1 Å². The maximum atomic E-state index is 14.6. The van der Waals surface area contributed by atoms with Gasteiger partial charge in [0.25, 0.3) is 0 Å². The fourth-order valence-corrected chi connectivity index (χ4v) is 6.01. The summed E-state index contributed by atoms with van der Waals surface area (Å²) in [6.07, 6.45) is -2.66. The molecular formula is C27H24F3N3S. The van der Waals surface area contributed by atoms with Gasteiger partial charge in [0.05, 0.1) is 32.0 Å². The quantitative estimate of drug-likeness (QED) is 0.239. The lowest BCUT2D eigenvalue weighted by atomic mass is 9.93. The fourth-order valence-electron chi connectivity index (χ4n) is 4.58. The van der Waals surface area contributed by atoms with Crippen molar-refractivity contribution in [1.82, 2.24) is 15.0 Å². The number of rotatable bonds is 2. The number of hydrogen-bond acceptors (Lipinski definition) is 4. The van der Waals surface area contributed by atoms with E-state index in [2.05, 4.69) is 35.7 Å². The van der Waals surface area contributed by atoms with E-state index >= 15 is 0 Å². The highest BCUT2D eigenvalue weighted by atomic mass is 32.1. The Labute approximate surface area is 199 Å². The molecule has 0 fully saturated rings. The van der Waals surface area contributed by atoms with Crippen molar-refractivity contribution in [2.24, 2.45) is 5.41 Å². The monoisotopic (exact) mass is 479 g/mol. The molecule has 0 spiro atoms. The minimum atomic E-state index is -4.59. The molecule has 0 aliphatic heterocycles. The van der Waals surface area contributed by atoms with Crippen LogP contribution in [0.3, 0.4) is 0 Å². The van der Waals surface area contributed by atoms with Crippen LogP contribution in [0, 0.1) is 19.3 Å². The zero-order valence-electron chi connectivity index (χ0n) is 19.6. The summed E-state index contributed by atoms with van der Waals surface area (Å²) in [5, 5.41) is 1.91. The molecule has 2 heterocycles. The molecule has 0 unspecified atom stereocenters. The number of alkyl halides is 3. The molecule has 5 aromatic rings. The maximum absolute atomic E-state index is 14.6. The van der Waals surface area contributed by atoms with Crippen LogP contribution in [0.2, 0.25) is 0 Å². The minimum Gasteiger partial charge on any atom is -0.241 e. The Kier molecular flexibility index (Phi) is 5.17. The van der Waals surface area contributed by atoms with Gasteiger partial charge >= 0.3 is 6.18 Å². The number of benzene rings is 3. The predicted octanol–water partition coefficient (Wildman–Crippen LogP) is 8.28. The van der Waals surface area contributed by atoms with E-state index < -0.39 is 11.7 Å². The zero-order chi connectivity index (χ0) is 24.4. The first-order valence-electron chi connectivity index (χ1n) is 11.1. The third kappa shape index (κ3) is 4.02. The van der Waals surface area contributed by atoms with Crippen molar-refractivity contribution in [3.63, 3.8) is 0 Å². The molecule has 0 N–H and O–H groups in total. The van der Waals surface area contributed by atoms with Crippen LogP contribution in [0.5, 0.6) is 0 Å². The first-order chi connectivity index (χ1) is 15.9. The molecule has 0 bridgehead atoms. The van der Waals surface area contributed by atoms with Crippen LogP contribution in [-0.2, 0) is 12.6 Å². The lowest BCUT2D eigenvalue weighted by Crippen LogP contribution is -2.09. The smallest absolute Gasteiger partial charge is 0.241 e. The molecule has 2 aromatic heterocycles. The van der Waals surface area contributed by atoms with E-state index in [9.17, 15) is 13.2 Å². The third-order valence-corrected chi connectivity index (χ3v) is 6.85. The van der Waals surface area contributed by atoms with Crippen LogP contribution in [0.4, 0.5) is 13.2 Å². The Bertz CT molecular complexity index is 1560. The summed E-state index contributed by atoms with van der Waals surface area (Å²) in [5.41, 5.74) is 3.10. The molecule has 174 valence electrons. The zero-order valence-corrected chi connectivity index (χ0v) is 20.4. The molecule has 0 amide bonds. The maximum Gasteiger partial charge on any atom is 0.419 e. The van der Waals surface area contributed by atoms with E-state index in [1.165, 1.54) is 17.7 Å². The molecule has 7 heteroatoms. The van der Waals surface area contributed by atoms with Crippen molar-refractivity contribution in [1.29, 1.82) is 0 Å². The van der Waals surface area contributed by atoms with Crippen LogP contribution in [-0.4, -0.2) is 15.0 Å². The molecule has 3 aromatic carbocycles. The second-order valence-electron chi connectivity index (χ2n) is 10.1. The Balaban J connectivity index is 1.89. The molecule has 34 heavy (non-hydrogen) atoms. The summed E-state index contributed by atoms with van der Waals surface area (Å²) in [6.45, 7) is 10.2. The molecule has 0 aliphatic carbocycles. The van der Waals surface area contributed by atoms with Crippen LogP contribution < -0.4 is 0 Å². The molecule has 0 radical (unpaired) electrons. The Morgan fingerprint density at radius 2 is 1.62 bits per heavy atom. The van der Waals surface area contributed by atoms with Gasteiger partial charge in [0.15, 0.2) is 0 Å². The first kappa shape index (κ1) is 22.7. The molecular weight excluding hydrogens is 455 g/mol. The number of aryl methyl sites for hydroxylation is 2. The number of nitrogens with zero attached hydrogens (tertiary/aromatic N) is 3. The summed E-state index contributed by atoms with van der Waals surface area (Å²) in [5.74, 6) is 0. The lowest BCUT2D eigenvalue weighted by molar-refractivity contribution is -0.135. The number of thiazole rings is 1. The SMILES string of the molecule is Cc1cc(C)cc(-c2ncnc3c(C(F)(F)F)c4c(ccc5nc(CC(C)(C)C)sc54)cc23)c1. The van der Waals surface area contributed by atoms with Crippen LogP contribution in [0.1, 0.15) is 42.5 Å². The minimum absolute atomic E-state index is 0.0166. The van der Waals surface area contributed by atoms with E-state index in [1.807, 2.05) is 38.1 Å². The standard InChI is InChI=1S/C27H24F3N3S/c1-14-8-15(2)10-17(9-14)23-18-11-16-6-7-19-25(34-20(33-19)12-26(3,4)5)21(16)22(27(28,29)30)24(18)32-13-31-23/h6-11,13H,12H2,1-5H3. The largest absolute Gasteiger partial charge is 0.419 e. The molecule has 0 saturated heterocycles. The number of fused-ring (bicyclic) bond motifs is 4. The highest BCUT2D eigenvalue weighted by Crippen LogP contribution is 2.45. The van der Waals surface area contributed by atoms with Crippen molar-refractivity contribution in [2.45, 2.75) is 47.2 Å². The van der Waals surface area contributed by atoms with E-state index in [0.717, 1.165) is 21.7 Å². The van der Waals surface area contributed by atoms with Crippen molar-refractivity contribution in [3.8, 4) is 11.3 Å². The van der Waals surface area contributed by atoms with Gasteiger partial charge in [-0.1, -0.05) is 44.0 Å². The number of halogens is 3. The van der Waals surface area contributed by atoms with Gasteiger partial charge in [-0.05, 0) is 48.9 Å². The Hall–Kier alpha value is -3.06. The van der Waals surface area contributed by atoms with Crippen molar-refractivity contribution < 1.29 is 13.2 Å². The van der Waals surface area contributed by atoms with Crippen molar-refractivity contribution >= 4 is 43.2 Å². The molecule has 0 saturated carbocycles. The molecule has 5 rings (SSSR count). The van der Waals surface area contributed by atoms with Gasteiger partial charge in [-0.15, -0.1) is 11.3 Å². The number of aromatic nitrogens is 3. The molecule has 0 atom stereocenters. The summed E-state index contributed by atoms with van der Waals surface area (Å²) in [4.78, 5) is 13.2. The third-order valence-electron chi connectivity index (χ3n) is 5.76. The van der Waals surface area contributed by atoms with Gasteiger partial charge in [0, 0.05) is 22.8 Å². The normalized spacial score (nSPS) is 12.8. The topological polar surface area (TPSA) is 38.7 Å². The van der Waals surface area contributed by atoms with E-state index in [1.54, 1.807) is 12.1 Å². The summed E-state index contributed by atoms with van der Waals surface area (Å²) >= 11 is 1.34. The second-order valence-corrected chi connectivity index (χ2v) is 11.2. The molecule has 3 nitrogen and oxygen atoms in total. The van der Waals surface area contributed by atoms with Gasteiger partial charge in [-0.2, -0.15) is 13.2 Å². The second kappa shape index (κ2) is 7.73. The highest BCUT2D eigenvalue weighted by Gasteiger charge is 2.37. The van der Waals surface area contributed by atoms with Gasteiger partial charge in [-0.3, -0.25) is 0 Å². The van der Waals surface area contributed by atoms with Gasteiger partial charge in [0.1, 0.15) is 6.33 Å². The summed E-state index contributed by atoms with van der Waals surface area (Å²) in [7, 11) is 0. The Morgan fingerprint density at radius 1 is 0.912 bits per heavy atom.